The smallest absolute Gasteiger partial charge is 0.309 e. The molecule has 0 aliphatic rings. The van der Waals surface area contributed by atoms with E-state index in [1.807, 2.05) is 12.2 Å². The molecule has 0 amide bonds. The van der Waals surface area contributed by atoms with Crippen LogP contribution in [-0.4, -0.2) is 37.9 Å². The van der Waals surface area contributed by atoms with Crippen LogP contribution in [-0.2, 0) is 23.8 Å². The van der Waals surface area contributed by atoms with Crippen LogP contribution in [0.4, 0.5) is 0 Å². The summed E-state index contributed by atoms with van der Waals surface area (Å²) in [6.45, 7) is 7.53. The minimum absolute atomic E-state index is 0.0236. The third kappa shape index (κ3) is 47.5. The number of unbranched alkanes of at least 4 members (excludes halogenated alkanes) is 18. The van der Waals surface area contributed by atoms with Crippen LogP contribution in [0.5, 0.6) is 0 Å². The van der Waals surface area contributed by atoms with E-state index in [0.29, 0.717) is 13.0 Å². The highest BCUT2D eigenvalue weighted by atomic mass is 16.6. The number of hydrogen-bond acceptors (Lipinski definition) is 5. The van der Waals surface area contributed by atoms with Crippen LogP contribution >= 0.6 is 0 Å². The zero-order valence-electron chi connectivity index (χ0n) is 39.2. The molecule has 1 atom stereocenters. The third-order valence-corrected chi connectivity index (χ3v) is 10.1. The van der Waals surface area contributed by atoms with Crippen LogP contribution in [0.2, 0.25) is 0 Å². The van der Waals surface area contributed by atoms with Gasteiger partial charge in [-0.1, -0.05) is 214 Å². The highest BCUT2D eigenvalue weighted by Crippen LogP contribution is 2.13. The van der Waals surface area contributed by atoms with Gasteiger partial charge in [-0.3, -0.25) is 9.59 Å². The lowest BCUT2D eigenvalue weighted by Crippen LogP contribution is -2.30. The summed E-state index contributed by atoms with van der Waals surface area (Å²) in [5.74, 6) is -0.555. The minimum Gasteiger partial charge on any atom is -0.461 e. The van der Waals surface area contributed by atoms with E-state index in [0.717, 1.165) is 77.0 Å². The highest BCUT2D eigenvalue weighted by molar-refractivity contribution is 5.71. The topological polar surface area (TPSA) is 61.8 Å². The summed E-state index contributed by atoms with van der Waals surface area (Å²) in [6, 6.07) is 0. The molecular formula is C55H92O5. The van der Waals surface area contributed by atoms with Crippen LogP contribution < -0.4 is 0 Å². The van der Waals surface area contributed by atoms with Crippen molar-refractivity contribution in [3.63, 3.8) is 0 Å². The lowest BCUT2D eigenvalue weighted by Gasteiger charge is -2.18. The number of carbonyl (C=O) groups excluding carboxylic acids is 2. The normalized spacial score (nSPS) is 13.1. The minimum atomic E-state index is -0.583. The summed E-state index contributed by atoms with van der Waals surface area (Å²) in [4.78, 5) is 25.2. The second kappa shape index (κ2) is 50.2. The van der Waals surface area contributed by atoms with E-state index >= 15 is 0 Å². The zero-order chi connectivity index (χ0) is 43.5. The van der Waals surface area contributed by atoms with E-state index in [1.165, 1.54) is 103 Å². The molecule has 0 saturated heterocycles. The summed E-state index contributed by atoms with van der Waals surface area (Å²) >= 11 is 0. The fourth-order valence-electron chi connectivity index (χ4n) is 6.47. The van der Waals surface area contributed by atoms with E-state index in [2.05, 4.69) is 106 Å². The van der Waals surface area contributed by atoms with Gasteiger partial charge in [0.05, 0.1) is 13.0 Å². The molecule has 0 aromatic heterocycles. The number of esters is 2. The van der Waals surface area contributed by atoms with E-state index < -0.39 is 6.10 Å². The first kappa shape index (κ1) is 56.8. The molecule has 0 aliphatic carbocycles. The second-order valence-corrected chi connectivity index (χ2v) is 16.0. The average Bonchev–Trinajstić information content (AvgIpc) is 3.25. The molecule has 0 radical (unpaired) electrons. The standard InChI is InChI=1S/C55H92O5/c1-4-7-10-13-16-19-21-23-25-26-27-28-29-31-33-35-38-41-44-47-50-58-51-53(60-55(57)49-46-43-40-36-18-15-12-9-6-3)52-59-54(56)48-45-42-39-37-34-32-30-24-22-20-17-14-11-8-5-2/h8,11,16-17,19-20,23-25,27-28,30,34,37,42,45,53H,4-7,9-10,12-15,18,21-22,26,29,31-33,35-36,38-41,43-44,46-52H2,1-3H3/b11-8-,19-16-,20-17-,25-23-,28-27-,30-24-,37-34-,45-42-. The van der Waals surface area contributed by atoms with Gasteiger partial charge >= 0.3 is 11.9 Å². The van der Waals surface area contributed by atoms with Gasteiger partial charge in [-0.15, -0.1) is 0 Å². The number of rotatable bonds is 44. The zero-order valence-corrected chi connectivity index (χ0v) is 39.2. The van der Waals surface area contributed by atoms with E-state index in [9.17, 15) is 9.59 Å². The van der Waals surface area contributed by atoms with Crippen LogP contribution in [0.25, 0.3) is 0 Å². The first-order valence-electron chi connectivity index (χ1n) is 24.8. The van der Waals surface area contributed by atoms with Crippen molar-refractivity contribution in [2.24, 2.45) is 0 Å². The number of hydrogen-bond donors (Lipinski definition) is 0. The molecule has 1 unspecified atom stereocenters. The molecule has 0 aromatic rings. The van der Waals surface area contributed by atoms with Gasteiger partial charge in [0, 0.05) is 13.0 Å². The molecule has 0 saturated carbocycles. The molecule has 60 heavy (non-hydrogen) atoms. The molecule has 0 aromatic carbocycles. The molecule has 5 nitrogen and oxygen atoms in total. The Morgan fingerprint density at radius 1 is 0.400 bits per heavy atom. The van der Waals surface area contributed by atoms with Crippen molar-refractivity contribution in [3.8, 4) is 0 Å². The highest BCUT2D eigenvalue weighted by Gasteiger charge is 2.17. The van der Waals surface area contributed by atoms with Crippen molar-refractivity contribution in [2.45, 2.75) is 219 Å². The van der Waals surface area contributed by atoms with Gasteiger partial charge in [0.1, 0.15) is 6.61 Å². The molecule has 0 aliphatic heterocycles. The Morgan fingerprint density at radius 3 is 1.32 bits per heavy atom. The van der Waals surface area contributed by atoms with Crippen molar-refractivity contribution < 1.29 is 23.8 Å². The molecule has 0 fully saturated rings. The number of allylic oxidation sites excluding steroid dienone is 15. The predicted molar refractivity (Wildman–Crippen MR) is 260 cm³/mol. The fraction of sp³-hybridized carbons (Fsp3) is 0.673. The number of carbonyl (C=O) groups is 2. The fourth-order valence-corrected chi connectivity index (χ4v) is 6.47. The molecule has 0 rings (SSSR count). The van der Waals surface area contributed by atoms with Gasteiger partial charge in [-0.2, -0.15) is 0 Å². The van der Waals surface area contributed by atoms with Crippen molar-refractivity contribution in [1.29, 1.82) is 0 Å². The van der Waals surface area contributed by atoms with Crippen LogP contribution in [0, 0.1) is 0 Å². The maximum atomic E-state index is 12.7. The van der Waals surface area contributed by atoms with Crippen LogP contribution in [0.1, 0.15) is 213 Å². The van der Waals surface area contributed by atoms with Crippen molar-refractivity contribution >= 4 is 11.9 Å². The SMILES string of the molecule is CC/C=C\C/C=C\C/C=C\C/C=C\C/C=C\CC(=O)OCC(COCCCCCCCCC/C=C\C/C=C\C/C=C\CCCCC)OC(=O)CCCCCCCCCCC. The van der Waals surface area contributed by atoms with Gasteiger partial charge in [0.25, 0.3) is 0 Å². The van der Waals surface area contributed by atoms with Gasteiger partial charge in [-0.05, 0) is 83.5 Å². The Kier molecular flexibility index (Phi) is 47.5. The van der Waals surface area contributed by atoms with E-state index in [4.69, 9.17) is 14.2 Å². The Balaban J connectivity index is 4.33. The van der Waals surface area contributed by atoms with E-state index in [1.54, 1.807) is 0 Å². The largest absolute Gasteiger partial charge is 0.461 e. The quantitative estimate of drug-likeness (QED) is 0.0348. The second-order valence-electron chi connectivity index (χ2n) is 16.0. The van der Waals surface area contributed by atoms with Crippen LogP contribution in [0.15, 0.2) is 97.2 Å². The van der Waals surface area contributed by atoms with Crippen molar-refractivity contribution in [1.82, 2.24) is 0 Å². The first-order chi connectivity index (χ1) is 29.6. The van der Waals surface area contributed by atoms with Crippen molar-refractivity contribution in [2.75, 3.05) is 19.8 Å². The summed E-state index contributed by atoms with van der Waals surface area (Å²) < 4.78 is 17.2. The predicted octanol–water partition coefficient (Wildman–Crippen LogP) is 16.7. The third-order valence-electron chi connectivity index (χ3n) is 10.1. The van der Waals surface area contributed by atoms with E-state index in [-0.39, 0.29) is 31.6 Å². The monoisotopic (exact) mass is 833 g/mol. The summed E-state index contributed by atoms with van der Waals surface area (Å²) in [5.41, 5.74) is 0. The lowest BCUT2D eigenvalue weighted by molar-refractivity contribution is -0.162. The Hall–Kier alpha value is -3.18. The molecular weight excluding hydrogens is 741 g/mol. The van der Waals surface area contributed by atoms with Crippen LogP contribution in [0.3, 0.4) is 0 Å². The lowest BCUT2D eigenvalue weighted by atomic mass is 10.1. The molecule has 0 spiro atoms. The summed E-state index contributed by atoms with van der Waals surface area (Å²) in [6.07, 6.45) is 67.3. The van der Waals surface area contributed by atoms with Gasteiger partial charge < -0.3 is 14.2 Å². The Bertz CT molecular complexity index is 1170. The molecule has 342 valence electrons. The molecule has 0 heterocycles. The molecule has 5 heteroatoms. The summed E-state index contributed by atoms with van der Waals surface area (Å²) in [5, 5.41) is 0. The first-order valence-corrected chi connectivity index (χ1v) is 24.8. The Morgan fingerprint density at radius 2 is 0.800 bits per heavy atom. The number of ether oxygens (including phenoxy) is 3. The van der Waals surface area contributed by atoms with Gasteiger partial charge in [0.2, 0.25) is 0 Å². The molecule has 0 N–H and O–H groups in total. The Labute approximate surface area is 371 Å². The molecule has 0 bridgehead atoms. The maximum absolute atomic E-state index is 12.7. The maximum Gasteiger partial charge on any atom is 0.309 e. The summed E-state index contributed by atoms with van der Waals surface area (Å²) in [7, 11) is 0. The van der Waals surface area contributed by atoms with Gasteiger partial charge in [-0.25, -0.2) is 0 Å². The average molecular weight is 833 g/mol. The van der Waals surface area contributed by atoms with Gasteiger partial charge in [0.15, 0.2) is 6.10 Å². The van der Waals surface area contributed by atoms with Crippen molar-refractivity contribution in [3.05, 3.63) is 97.2 Å².